The molecular weight excluding hydrogens is 438 g/mol. The third kappa shape index (κ3) is 4.45. The topological polar surface area (TPSA) is 98.4 Å². The normalized spacial score (nSPS) is 16.0. The standard InChI is InChI=1S/C21H24ClN5O3S/c1-14-10-15(2)20(17(22)11-14)25-19(28)13-26-6-8-27(9-7-26)31(29,30)18-12-24-21-16(18)4-3-5-23-21/h3-5,10-12H,6-9,13H2,1-2H3,(H,23,24)(H,25,28). The van der Waals surface area contributed by atoms with E-state index in [0.29, 0.717) is 47.9 Å². The van der Waals surface area contributed by atoms with Crippen molar-refractivity contribution in [3.63, 3.8) is 0 Å². The molecule has 0 unspecified atom stereocenters. The molecule has 8 nitrogen and oxygen atoms in total. The van der Waals surface area contributed by atoms with Crippen LogP contribution in [0.25, 0.3) is 11.0 Å². The SMILES string of the molecule is Cc1cc(C)c(NC(=O)CN2CCN(S(=O)(=O)c3c[nH]c4ncccc34)CC2)c(Cl)c1. The number of nitrogens with zero attached hydrogens (tertiary/aromatic N) is 3. The number of hydrogen-bond donors (Lipinski definition) is 2. The molecule has 1 amide bonds. The smallest absolute Gasteiger partial charge is 0.245 e. The van der Waals surface area contributed by atoms with E-state index < -0.39 is 10.0 Å². The summed E-state index contributed by atoms with van der Waals surface area (Å²) < 4.78 is 27.7. The number of pyridine rings is 1. The third-order valence-corrected chi connectivity index (χ3v) is 7.66. The number of sulfonamides is 1. The van der Waals surface area contributed by atoms with Crippen molar-refractivity contribution in [2.24, 2.45) is 0 Å². The number of aromatic nitrogens is 2. The van der Waals surface area contributed by atoms with Crippen molar-refractivity contribution in [3.05, 3.63) is 52.8 Å². The second-order valence-electron chi connectivity index (χ2n) is 7.72. The minimum absolute atomic E-state index is 0.173. The second-order valence-corrected chi connectivity index (χ2v) is 10.0. The van der Waals surface area contributed by atoms with Crippen LogP contribution >= 0.6 is 11.6 Å². The number of H-pyrrole nitrogens is 1. The third-order valence-electron chi connectivity index (χ3n) is 5.43. The fraction of sp³-hybridized carbons (Fsp3) is 0.333. The van der Waals surface area contributed by atoms with E-state index in [0.717, 1.165) is 11.1 Å². The van der Waals surface area contributed by atoms with Crippen molar-refractivity contribution in [1.29, 1.82) is 0 Å². The maximum atomic E-state index is 13.1. The molecule has 0 spiro atoms. The van der Waals surface area contributed by atoms with E-state index >= 15 is 0 Å². The van der Waals surface area contributed by atoms with Crippen LogP contribution in [0.4, 0.5) is 5.69 Å². The molecule has 0 saturated carbocycles. The highest BCUT2D eigenvalue weighted by Gasteiger charge is 2.31. The van der Waals surface area contributed by atoms with E-state index in [1.165, 1.54) is 10.5 Å². The van der Waals surface area contributed by atoms with Crippen LogP contribution in [0.3, 0.4) is 0 Å². The van der Waals surface area contributed by atoms with Crippen LogP contribution in [0.1, 0.15) is 11.1 Å². The van der Waals surface area contributed by atoms with Gasteiger partial charge < -0.3 is 10.3 Å². The Labute approximate surface area is 186 Å². The van der Waals surface area contributed by atoms with Crippen LogP contribution in [-0.2, 0) is 14.8 Å². The van der Waals surface area contributed by atoms with Crippen molar-refractivity contribution in [1.82, 2.24) is 19.2 Å². The van der Waals surface area contributed by atoms with Crippen molar-refractivity contribution in [2.75, 3.05) is 38.0 Å². The summed E-state index contributed by atoms with van der Waals surface area (Å²) in [5.74, 6) is -0.173. The summed E-state index contributed by atoms with van der Waals surface area (Å²) in [6.45, 7) is 5.58. The van der Waals surface area contributed by atoms with E-state index in [2.05, 4.69) is 15.3 Å². The van der Waals surface area contributed by atoms with Crippen molar-refractivity contribution in [2.45, 2.75) is 18.7 Å². The van der Waals surface area contributed by atoms with Gasteiger partial charge in [0.1, 0.15) is 10.5 Å². The number of anilines is 1. The molecule has 3 aromatic rings. The number of piperazine rings is 1. The van der Waals surface area contributed by atoms with Gasteiger partial charge in [-0.3, -0.25) is 9.69 Å². The lowest BCUT2D eigenvalue weighted by molar-refractivity contribution is -0.117. The number of aromatic amines is 1. The first-order chi connectivity index (χ1) is 14.8. The Morgan fingerprint density at radius 3 is 2.68 bits per heavy atom. The molecule has 164 valence electrons. The van der Waals surface area contributed by atoms with Crippen LogP contribution in [0.5, 0.6) is 0 Å². The highest BCUT2D eigenvalue weighted by atomic mass is 35.5. The number of amides is 1. The predicted molar refractivity (Wildman–Crippen MR) is 121 cm³/mol. The Morgan fingerprint density at radius 2 is 1.97 bits per heavy atom. The number of halogens is 1. The molecule has 10 heteroatoms. The van der Waals surface area contributed by atoms with Crippen LogP contribution in [0.15, 0.2) is 41.6 Å². The van der Waals surface area contributed by atoms with Gasteiger partial charge in [0.2, 0.25) is 15.9 Å². The molecule has 1 aromatic carbocycles. The van der Waals surface area contributed by atoms with Gasteiger partial charge in [-0.1, -0.05) is 17.7 Å². The van der Waals surface area contributed by atoms with Gasteiger partial charge in [-0.15, -0.1) is 0 Å². The Morgan fingerprint density at radius 1 is 1.23 bits per heavy atom. The number of fused-ring (bicyclic) bond motifs is 1. The highest BCUT2D eigenvalue weighted by Crippen LogP contribution is 2.28. The fourth-order valence-electron chi connectivity index (χ4n) is 3.87. The van der Waals surface area contributed by atoms with Gasteiger partial charge in [-0.25, -0.2) is 13.4 Å². The summed E-state index contributed by atoms with van der Waals surface area (Å²) in [6, 6.07) is 7.23. The van der Waals surface area contributed by atoms with Crippen molar-refractivity contribution in [3.8, 4) is 0 Å². The zero-order valence-electron chi connectivity index (χ0n) is 17.4. The molecule has 3 heterocycles. The average Bonchev–Trinajstić information content (AvgIpc) is 3.16. The molecule has 2 N–H and O–H groups in total. The zero-order valence-corrected chi connectivity index (χ0v) is 18.9. The first kappa shape index (κ1) is 21.8. The lowest BCUT2D eigenvalue weighted by Crippen LogP contribution is -2.50. The van der Waals surface area contributed by atoms with Crippen molar-refractivity contribution >= 4 is 44.3 Å². The molecule has 0 radical (unpaired) electrons. The van der Waals surface area contributed by atoms with Crippen molar-refractivity contribution < 1.29 is 13.2 Å². The molecular formula is C21H24ClN5O3S. The summed E-state index contributed by atoms with van der Waals surface area (Å²) in [5, 5.41) is 3.97. The molecule has 0 atom stereocenters. The number of rotatable bonds is 5. The Kier molecular flexibility index (Phi) is 6.02. The summed E-state index contributed by atoms with van der Waals surface area (Å²) >= 11 is 6.27. The van der Waals surface area contributed by atoms with Crippen LogP contribution in [0.2, 0.25) is 5.02 Å². The van der Waals surface area contributed by atoms with Crippen LogP contribution in [0, 0.1) is 13.8 Å². The second kappa shape index (κ2) is 8.58. The first-order valence-corrected chi connectivity index (χ1v) is 11.8. The number of carbonyl (C=O) groups excluding carboxylic acids is 1. The van der Waals surface area contributed by atoms with Crippen LogP contribution in [-0.4, -0.2) is 66.2 Å². The van der Waals surface area contributed by atoms with Gasteiger partial charge in [0.25, 0.3) is 0 Å². The van der Waals surface area contributed by atoms with E-state index in [4.69, 9.17) is 11.6 Å². The number of aryl methyl sites for hydroxylation is 2. The van der Waals surface area contributed by atoms with Gasteiger partial charge in [-0.2, -0.15) is 4.31 Å². The summed E-state index contributed by atoms with van der Waals surface area (Å²) in [7, 11) is -3.64. The van der Waals surface area contributed by atoms with E-state index in [9.17, 15) is 13.2 Å². The Hall–Kier alpha value is -2.46. The van der Waals surface area contributed by atoms with Gasteiger partial charge in [-0.05, 0) is 43.2 Å². The number of nitrogens with one attached hydrogen (secondary N) is 2. The molecule has 1 fully saturated rings. The predicted octanol–water partition coefficient (Wildman–Crippen LogP) is 2.78. The van der Waals surface area contributed by atoms with Crippen LogP contribution < -0.4 is 5.32 Å². The molecule has 31 heavy (non-hydrogen) atoms. The summed E-state index contributed by atoms with van der Waals surface area (Å²) in [4.78, 5) is 21.8. The largest absolute Gasteiger partial charge is 0.345 e. The molecule has 1 aliphatic rings. The quantitative estimate of drug-likeness (QED) is 0.608. The summed E-state index contributed by atoms with van der Waals surface area (Å²) in [5.41, 5.74) is 3.10. The molecule has 2 aromatic heterocycles. The highest BCUT2D eigenvalue weighted by molar-refractivity contribution is 7.89. The molecule has 1 saturated heterocycles. The fourth-order valence-corrected chi connectivity index (χ4v) is 5.81. The molecule has 0 aliphatic carbocycles. The minimum Gasteiger partial charge on any atom is -0.345 e. The van der Waals surface area contributed by atoms with Gasteiger partial charge in [0.05, 0.1) is 17.3 Å². The zero-order chi connectivity index (χ0) is 22.2. The van der Waals surface area contributed by atoms with Gasteiger partial charge in [0, 0.05) is 44.0 Å². The lowest BCUT2D eigenvalue weighted by Gasteiger charge is -2.33. The minimum atomic E-state index is -3.64. The average molecular weight is 462 g/mol. The van der Waals surface area contributed by atoms with E-state index in [-0.39, 0.29) is 17.3 Å². The van der Waals surface area contributed by atoms with E-state index in [1.54, 1.807) is 18.3 Å². The molecule has 0 bridgehead atoms. The monoisotopic (exact) mass is 461 g/mol. The summed E-state index contributed by atoms with van der Waals surface area (Å²) in [6.07, 6.45) is 3.10. The first-order valence-electron chi connectivity index (χ1n) is 9.97. The lowest BCUT2D eigenvalue weighted by atomic mass is 10.1. The number of hydrogen-bond acceptors (Lipinski definition) is 5. The maximum absolute atomic E-state index is 13.1. The van der Waals surface area contributed by atoms with E-state index in [1.807, 2.05) is 30.9 Å². The number of carbonyl (C=O) groups is 1. The maximum Gasteiger partial charge on any atom is 0.245 e. The molecule has 1 aliphatic heterocycles. The Balaban J connectivity index is 1.38. The molecule has 4 rings (SSSR count). The number of benzene rings is 1. The van der Waals surface area contributed by atoms with Gasteiger partial charge in [0.15, 0.2) is 0 Å². The van der Waals surface area contributed by atoms with Gasteiger partial charge >= 0.3 is 0 Å². The Bertz CT molecular complexity index is 1210.